The number of hydrogen-bond donors (Lipinski definition) is 1. The fraction of sp³-hybridized carbons (Fsp3) is 0.333. The van der Waals surface area contributed by atoms with E-state index in [4.69, 9.17) is 4.42 Å². The average Bonchev–Trinajstić information content (AvgIpc) is 3.01. The van der Waals surface area contributed by atoms with E-state index in [0.717, 1.165) is 5.56 Å². The Labute approximate surface area is 134 Å². The number of nitrogens with zero attached hydrogens (tertiary/aromatic N) is 1. The molecule has 1 amide bonds. The first kappa shape index (κ1) is 15.3. The largest absolute Gasteiger partial charge is 0.481 e. The Hall–Kier alpha value is -2.56. The first-order valence-electron chi connectivity index (χ1n) is 7.67. The summed E-state index contributed by atoms with van der Waals surface area (Å²) >= 11 is 0. The molecule has 1 aliphatic heterocycles. The van der Waals surface area contributed by atoms with Crippen molar-refractivity contribution in [2.24, 2.45) is 0 Å². The van der Waals surface area contributed by atoms with Crippen molar-refractivity contribution >= 4 is 11.9 Å². The topological polar surface area (TPSA) is 70.8 Å². The SMILES string of the molecule is Cc1ccc(C(=O)N2CCC(C(=O)O)(c3ccccc3)CC2)o1. The minimum atomic E-state index is -0.920. The van der Waals surface area contributed by atoms with Crippen LogP contribution in [-0.4, -0.2) is 35.0 Å². The molecule has 2 aromatic rings. The summed E-state index contributed by atoms with van der Waals surface area (Å²) in [5.41, 5.74) is -0.120. The van der Waals surface area contributed by atoms with E-state index in [9.17, 15) is 14.7 Å². The molecule has 0 radical (unpaired) electrons. The summed E-state index contributed by atoms with van der Waals surface area (Å²) in [6.45, 7) is 2.59. The predicted molar refractivity (Wildman–Crippen MR) is 84.3 cm³/mol. The highest BCUT2D eigenvalue weighted by atomic mass is 16.4. The molecule has 1 aliphatic rings. The summed E-state index contributed by atoms with van der Waals surface area (Å²) in [6, 6.07) is 12.7. The molecule has 1 aromatic carbocycles. The van der Waals surface area contributed by atoms with Gasteiger partial charge in [0.15, 0.2) is 5.76 Å². The zero-order chi connectivity index (χ0) is 16.4. The number of hydrogen-bond acceptors (Lipinski definition) is 3. The Morgan fingerprint density at radius 1 is 1.09 bits per heavy atom. The molecular weight excluding hydrogens is 294 g/mol. The zero-order valence-electron chi connectivity index (χ0n) is 13.0. The van der Waals surface area contributed by atoms with Gasteiger partial charge in [-0.15, -0.1) is 0 Å². The van der Waals surface area contributed by atoms with E-state index in [1.807, 2.05) is 30.3 Å². The van der Waals surface area contributed by atoms with Gasteiger partial charge in [-0.3, -0.25) is 9.59 Å². The maximum atomic E-state index is 12.4. The van der Waals surface area contributed by atoms with Gasteiger partial charge in [-0.1, -0.05) is 30.3 Å². The van der Waals surface area contributed by atoms with Crippen LogP contribution in [0.3, 0.4) is 0 Å². The summed E-state index contributed by atoms with van der Waals surface area (Å²) in [5.74, 6) is -0.00523. The van der Waals surface area contributed by atoms with Crippen molar-refractivity contribution in [1.82, 2.24) is 4.90 Å². The molecule has 0 spiro atoms. The quantitative estimate of drug-likeness (QED) is 0.946. The van der Waals surface area contributed by atoms with Gasteiger partial charge in [-0.2, -0.15) is 0 Å². The Balaban J connectivity index is 1.78. The number of carbonyl (C=O) groups excluding carboxylic acids is 1. The lowest BCUT2D eigenvalue weighted by molar-refractivity contribution is -0.145. The minimum absolute atomic E-state index is 0.176. The van der Waals surface area contributed by atoms with Gasteiger partial charge in [-0.25, -0.2) is 0 Å². The molecule has 1 fully saturated rings. The third-order valence-corrected chi connectivity index (χ3v) is 4.59. The van der Waals surface area contributed by atoms with Crippen molar-refractivity contribution in [2.45, 2.75) is 25.2 Å². The first-order valence-corrected chi connectivity index (χ1v) is 7.67. The van der Waals surface area contributed by atoms with E-state index in [2.05, 4.69) is 0 Å². The molecule has 0 unspecified atom stereocenters. The van der Waals surface area contributed by atoms with Gasteiger partial charge in [0.25, 0.3) is 5.91 Å². The van der Waals surface area contributed by atoms with Crippen molar-refractivity contribution in [3.63, 3.8) is 0 Å². The third kappa shape index (κ3) is 2.74. The molecule has 120 valence electrons. The van der Waals surface area contributed by atoms with Crippen LogP contribution in [0, 0.1) is 6.92 Å². The number of piperidine rings is 1. The molecule has 5 nitrogen and oxygen atoms in total. The molecule has 3 rings (SSSR count). The van der Waals surface area contributed by atoms with Crippen molar-refractivity contribution < 1.29 is 19.1 Å². The van der Waals surface area contributed by atoms with Crippen molar-refractivity contribution in [2.75, 3.05) is 13.1 Å². The summed E-state index contributed by atoms with van der Waals surface area (Å²) in [5, 5.41) is 9.77. The average molecular weight is 313 g/mol. The number of aryl methyl sites for hydroxylation is 1. The van der Waals surface area contributed by atoms with Crippen LogP contribution < -0.4 is 0 Å². The first-order chi connectivity index (χ1) is 11.0. The van der Waals surface area contributed by atoms with Crippen molar-refractivity contribution in [3.8, 4) is 0 Å². The zero-order valence-corrected chi connectivity index (χ0v) is 13.0. The lowest BCUT2D eigenvalue weighted by atomic mass is 9.73. The summed E-state index contributed by atoms with van der Waals surface area (Å²) in [4.78, 5) is 26.0. The molecule has 0 atom stereocenters. The molecule has 0 aliphatic carbocycles. The van der Waals surface area contributed by atoms with Crippen LogP contribution in [0.25, 0.3) is 0 Å². The number of carbonyl (C=O) groups is 2. The number of carboxylic acids is 1. The number of carboxylic acid groups (broad SMARTS) is 1. The van der Waals surface area contributed by atoms with Gasteiger partial charge in [0.2, 0.25) is 0 Å². The Morgan fingerprint density at radius 2 is 1.74 bits per heavy atom. The second-order valence-corrected chi connectivity index (χ2v) is 5.96. The van der Waals surface area contributed by atoms with Gasteiger partial charge < -0.3 is 14.4 Å². The summed E-state index contributed by atoms with van der Waals surface area (Å²) in [6.07, 6.45) is 0.801. The highest BCUT2D eigenvalue weighted by molar-refractivity contribution is 5.92. The molecule has 1 aromatic heterocycles. The van der Waals surface area contributed by atoms with E-state index < -0.39 is 11.4 Å². The minimum Gasteiger partial charge on any atom is -0.481 e. The molecule has 1 N–H and O–H groups in total. The predicted octanol–water partition coefficient (Wildman–Crippen LogP) is 2.85. The summed E-state index contributed by atoms with van der Waals surface area (Å²) < 4.78 is 5.38. The summed E-state index contributed by atoms with van der Waals surface area (Å²) in [7, 11) is 0. The molecule has 1 saturated heterocycles. The van der Waals surface area contributed by atoms with E-state index in [1.165, 1.54) is 0 Å². The van der Waals surface area contributed by atoms with E-state index in [1.54, 1.807) is 24.0 Å². The van der Waals surface area contributed by atoms with Crippen LogP contribution >= 0.6 is 0 Å². The maximum Gasteiger partial charge on any atom is 0.314 e. The van der Waals surface area contributed by atoms with Gasteiger partial charge in [0, 0.05) is 13.1 Å². The van der Waals surface area contributed by atoms with E-state index >= 15 is 0 Å². The van der Waals surface area contributed by atoms with Gasteiger partial charge in [0.1, 0.15) is 5.76 Å². The van der Waals surface area contributed by atoms with Crippen LogP contribution in [0.1, 0.15) is 34.7 Å². The fourth-order valence-electron chi connectivity index (χ4n) is 3.18. The lowest BCUT2D eigenvalue weighted by Gasteiger charge is -2.39. The maximum absolute atomic E-state index is 12.4. The number of benzene rings is 1. The number of aliphatic carboxylic acids is 1. The Bertz CT molecular complexity index is 712. The lowest BCUT2D eigenvalue weighted by Crippen LogP contribution is -2.49. The molecule has 0 saturated carbocycles. The fourth-order valence-corrected chi connectivity index (χ4v) is 3.18. The van der Waals surface area contributed by atoms with Gasteiger partial charge in [-0.05, 0) is 37.5 Å². The van der Waals surface area contributed by atoms with Crippen LogP contribution in [0.5, 0.6) is 0 Å². The second-order valence-electron chi connectivity index (χ2n) is 5.96. The standard InChI is InChI=1S/C18H19NO4/c1-13-7-8-15(23-13)16(20)19-11-9-18(10-12-19,17(21)22)14-5-3-2-4-6-14/h2-8H,9-12H2,1H3,(H,21,22). The Kier molecular flexibility index (Phi) is 3.94. The van der Waals surface area contributed by atoms with Crippen molar-refractivity contribution in [3.05, 3.63) is 59.5 Å². The molecule has 5 heteroatoms. The molecule has 0 bridgehead atoms. The molecule has 23 heavy (non-hydrogen) atoms. The van der Waals surface area contributed by atoms with Crippen LogP contribution in [0.15, 0.2) is 46.9 Å². The highest BCUT2D eigenvalue weighted by Gasteiger charge is 2.44. The van der Waals surface area contributed by atoms with E-state index in [0.29, 0.717) is 37.5 Å². The number of amides is 1. The number of furan rings is 1. The third-order valence-electron chi connectivity index (χ3n) is 4.59. The Morgan fingerprint density at radius 3 is 2.26 bits per heavy atom. The van der Waals surface area contributed by atoms with Crippen molar-refractivity contribution in [1.29, 1.82) is 0 Å². The normalized spacial score (nSPS) is 17.0. The molecule has 2 heterocycles. The number of likely N-dealkylation sites (tertiary alicyclic amines) is 1. The van der Waals surface area contributed by atoms with E-state index in [-0.39, 0.29) is 5.91 Å². The molecular formula is C18H19NO4. The van der Waals surface area contributed by atoms with Crippen LogP contribution in [-0.2, 0) is 10.2 Å². The monoisotopic (exact) mass is 313 g/mol. The highest BCUT2D eigenvalue weighted by Crippen LogP contribution is 2.36. The smallest absolute Gasteiger partial charge is 0.314 e. The van der Waals surface area contributed by atoms with Gasteiger partial charge in [0.05, 0.1) is 5.41 Å². The second kappa shape index (κ2) is 5.91. The van der Waals surface area contributed by atoms with Gasteiger partial charge >= 0.3 is 5.97 Å². The van der Waals surface area contributed by atoms with Crippen LogP contribution in [0.2, 0.25) is 0 Å². The van der Waals surface area contributed by atoms with Crippen LogP contribution in [0.4, 0.5) is 0 Å². The number of rotatable bonds is 3.